The fourth-order valence-corrected chi connectivity index (χ4v) is 3.05. The van der Waals surface area contributed by atoms with Gasteiger partial charge in [0.25, 0.3) is 5.19 Å². The van der Waals surface area contributed by atoms with Crippen molar-refractivity contribution in [2.45, 2.75) is 32.1 Å². The van der Waals surface area contributed by atoms with Crippen LogP contribution in [0.25, 0.3) is 10.3 Å². The highest BCUT2D eigenvalue weighted by Gasteiger charge is 2.22. The molecule has 2 fully saturated rings. The Morgan fingerprint density at radius 2 is 1.80 bits per heavy atom. The molecule has 0 bridgehead atoms. The van der Waals surface area contributed by atoms with E-state index in [-0.39, 0.29) is 0 Å². The quantitative estimate of drug-likeness (QED) is 0.814. The third-order valence-corrected chi connectivity index (χ3v) is 4.92. The second-order valence-corrected chi connectivity index (χ2v) is 6.76. The van der Waals surface area contributed by atoms with Gasteiger partial charge in [-0.1, -0.05) is 17.8 Å². The molecule has 0 unspecified atom stereocenters. The number of thiazole rings is 1. The van der Waals surface area contributed by atoms with Gasteiger partial charge in [0.15, 0.2) is 4.83 Å². The lowest BCUT2D eigenvalue weighted by Gasteiger charge is -2.24. The molecule has 2 aromatic rings. The fraction of sp³-hybridized carbons (Fsp3) is 0.600. The van der Waals surface area contributed by atoms with E-state index in [1.807, 2.05) is 12.1 Å². The number of rotatable bonds is 6. The van der Waals surface area contributed by atoms with Crippen molar-refractivity contribution in [3.8, 4) is 11.1 Å². The lowest BCUT2D eigenvalue weighted by Crippen LogP contribution is -2.19. The summed E-state index contributed by atoms with van der Waals surface area (Å²) in [7, 11) is 0. The predicted molar refractivity (Wildman–Crippen MR) is 78.5 cm³/mol. The first-order valence-corrected chi connectivity index (χ1v) is 8.21. The highest BCUT2D eigenvalue weighted by atomic mass is 32.1. The average Bonchev–Trinajstić information content (AvgIpc) is 3.13. The van der Waals surface area contributed by atoms with Crippen LogP contribution in [0, 0.1) is 11.8 Å². The smallest absolute Gasteiger partial charge is 0.275 e. The standard InChI is InChI=1S/C15H18N2O2S/c1-2-10(3-1)8-18-13-7-6-12-14(17-13)20-15(16-12)19-9-11-4-5-11/h6-7,10-11H,1-5,8-9H2. The first kappa shape index (κ1) is 12.4. The summed E-state index contributed by atoms with van der Waals surface area (Å²) in [6.07, 6.45) is 6.52. The number of pyridine rings is 1. The van der Waals surface area contributed by atoms with Crippen molar-refractivity contribution in [1.29, 1.82) is 0 Å². The number of ether oxygens (including phenoxy) is 2. The van der Waals surface area contributed by atoms with E-state index >= 15 is 0 Å². The predicted octanol–water partition coefficient (Wildman–Crippen LogP) is 3.66. The molecule has 2 aliphatic carbocycles. The lowest BCUT2D eigenvalue weighted by atomic mass is 9.86. The van der Waals surface area contributed by atoms with E-state index in [1.165, 1.54) is 43.4 Å². The molecule has 4 rings (SSSR count). The van der Waals surface area contributed by atoms with Gasteiger partial charge in [0, 0.05) is 6.07 Å². The zero-order valence-electron chi connectivity index (χ0n) is 11.4. The molecule has 0 radical (unpaired) electrons. The molecule has 0 N–H and O–H groups in total. The molecule has 5 heteroatoms. The zero-order valence-corrected chi connectivity index (χ0v) is 12.2. The van der Waals surface area contributed by atoms with Crippen LogP contribution in [0.5, 0.6) is 11.1 Å². The number of fused-ring (bicyclic) bond motifs is 1. The van der Waals surface area contributed by atoms with Crippen LogP contribution in [-0.4, -0.2) is 23.2 Å². The summed E-state index contributed by atoms with van der Waals surface area (Å²) in [5.74, 6) is 2.18. The van der Waals surface area contributed by atoms with Crippen molar-refractivity contribution >= 4 is 21.7 Å². The normalized spacial score (nSPS) is 19.0. The second kappa shape index (κ2) is 5.20. The molecule has 4 nitrogen and oxygen atoms in total. The molecule has 2 aromatic heterocycles. The molecule has 20 heavy (non-hydrogen) atoms. The van der Waals surface area contributed by atoms with E-state index < -0.39 is 0 Å². The van der Waals surface area contributed by atoms with Crippen molar-refractivity contribution in [2.75, 3.05) is 13.2 Å². The molecule has 0 amide bonds. The van der Waals surface area contributed by atoms with Gasteiger partial charge < -0.3 is 9.47 Å². The largest absolute Gasteiger partial charge is 0.477 e. The molecule has 106 valence electrons. The van der Waals surface area contributed by atoms with Crippen molar-refractivity contribution in [3.63, 3.8) is 0 Å². The minimum absolute atomic E-state index is 0.710. The molecular formula is C15H18N2O2S. The Balaban J connectivity index is 1.43. The maximum atomic E-state index is 5.76. The Kier molecular flexibility index (Phi) is 3.22. The topological polar surface area (TPSA) is 44.2 Å². The first-order chi connectivity index (χ1) is 9.87. The van der Waals surface area contributed by atoms with Gasteiger partial charge in [-0.05, 0) is 43.6 Å². The second-order valence-electron chi connectivity index (χ2n) is 5.82. The van der Waals surface area contributed by atoms with Gasteiger partial charge in [-0.3, -0.25) is 0 Å². The monoisotopic (exact) mass is 290 g/mol. The van der Waals surface area contributed by atoms with Crippen LogP contribution < -0.4 is 9.47 Å². The van der Waals surface area contributed by atoms with E-state index in [0.29, 0.717) is 5.88 Å². The van der Waals surface area contributed by atoms with E-state index in [2.05, 4.69) is 9.97 Å². The molecule has 2 saturated carbocycles. The number of aromatic nitrogens is 2. The molecule has 0 spiro atoms. The Hall–Kier alpha value is -1.36. The van der Waals surface area contributed by atoms with Gasteiger partial charge in [-0.2, -0.15) is 0 Å². The summed E-state index contributed by atoms with van der Waals surface area (Å²) in [6.45, 7) is 1.59. The van der Waals surface area contributed by atoms with Crippen LogP contribution in [0.1, 0.15) is 32.1 Å². The third kappa shape index (κ3) is 2.73. The summed E-state index contributed by atoms with van der Waals surface area (Å²) in [5.41, 5.74) is 0.900. The summed E-state index contributed by atoms with van der Waals surface area (Å²) >= 11 is 1.51. The number of hydrogen-bond acceptors (Lipinski definition) is 5. The van der Waals surface area contributed by atoms with E-state index in [4.69, 9.17) is 9.47 Å². The van der Waals surface area contributed by atoms with Gasteiger partial charge in [0.2, 0.25) is 5.88 Å². The molecular weight excluding hydrogens is 272 g/mol. The van der Waals surface area contributed by atoms with Gasteiger partial charge in [0.05, 0.1) is 13.2 Å². The minimum Gasteiger partial charge on any atom is -0.477 e. The summed E-state index contributed by atoms with van der Waals surface area (Å²) in [4.78, 5) is 9.88. The van der Waals surface area contributed by atoms with Crippen LogP contribution in [0.15, 0.2) is 12.1 Å². The average molecular weight is 290 g/mol. The van der Waals surface area contributed by atoms with Crippen LogP contribution in [0.4, 0.5) is 0 Å². The Morgan fingerprint density at radius 1 is 1.00 bits per heavy atom. The number of hydrogen-bond donors (Lipinski definition) is 0. The number of nitrogens with zero attached hydrogens (tertiary/aromatic N) is 2. The van der Waals surface area contributed by atoms with Crippen molar-refractivity contribution in [2.24, 2.45) is 11.8 Å². The SMILES string of the molecule is c1cc2nc(OCC3CC3)sc2nc1OCC1CCC1. The van der Waals surface area contributed by atoms with Gasteiger partial charge in [0.1, 0.15) is 5.52 Å². The van der Waals surface area contributed by atoms with Crippen molar-refractivity contribution < 1.29 is 9.47 Å². The lowest BCUT2D eigenvalue weighted by molar-refractivity contribution is 0.176. The van der Waals surface area contributed by atoms with Crippen LogP contribution in [0.3, 0.4) is 0 Å². The summed E-state index contributed by atoms with van der Waals surface area (Å²) in [6, 6.07) is 3.88. The molecule has 0 saturated heterocycles. The highest BCUT2D eigenvalue weighted by molar-refractivity contribution is 7.19. The Bertz CT molecular complexity index is 605. The molecule has 0 aromatic carbocycles. The highest BCUT2D eigenvalue weighted by Crippen LogP contribution is 2.33. The maximum Gasteiger partial charge on any atom is 0.275 e. The van der Waals surface area contributed by atoms with Gasteiger partial charge >= 0.3 is 0 Å². The van der Waals surface area contributed by atoms with Gasteiger partial charge in [-0.15, -0.1) is 0 Å². The van der Waals surface area contributed by atoms with E-state index in [1.54, 1.807) is 0 Å². The third-order valence-electron chi connectivity index (χ3n) is 4.04. The fourth-order valence-electron chi connectivity index (χ4n) is 2.26. The van der Waals surface area contributed by atoms with Crippen LogP contribution in [-0.2, 0) is 0 Å². The Labute approximate surface area is 122 Å². The van der Waals surface area contributed by atoms with E-state index in [0.717, 1.165) is 40.6 Å². The molecule has 2 aliphatic rings. The molecule has 0 aliphatic heterocycles. The summed E-state index contributed by atoms with van der Waals surface area (Å²) < 4.78 is 11.5. The zero-order chi connectivity index (χ0) is 13.4. The van der Waals surface area contributed by atoms with Crippen molar-refractivity contribution in [1.82, 2.24) is 9.97 Å². The minimum atomic E-state index is 0.710. The van der Waals surface area contributed by atoms with Crippen LogP contribution in [0.2, 0.25) is 0 Å². The van der Waals surface area contributed by atoms with Crippen LogP contribution >= 0.6 is 11.3 Å². The summed E-state index contributed by atoms with van der Waals surface area (Å²) in [5, 5.41) is 0.732. The van der Waals surface area contributed by atoms with E-state index in [9.17, 15) is 0 Å². The maximum absolute atomic E-state index is 5.76. The van der Waals surface area contributed by atoms with Crippen molar-refractivity contribution in [3.05, 3.63) is 12.1 Å². The Morgan fingerprint density at radius 3 is 2.55 bits per heavy atom. The molecule has 2 heterocycles. The van der Waals surface area contributed by atoms with Gasteiger partial charge in [-0.25, -0.2) is 9.97 Å². The molecule has 0 atom stereocenters. The first-order valence-electron chi connectivity index (χ1n) is 7.40.